The van der Waals surface area contributed by atoms with E-state index < -0.39 is 10.0 Å². The van der Waals surface area contributed by atoms with E-state index in [0.717, 1.165) is 23.6 Å². The van der Waals surface area contributed by atoms with E-state index in [9.17, 15) is 13.2 Å². The average Bonchev–Trinajstić information content (AvgIpc) is 2.76. The molecule has 0 atom stereocenters. The number of rotatable bonds is 9. The van der Waals surface area contributed by atoms with Crippen LogP contribution in [0.1, 0.15) is 37.7 Å². The van der Waals surface area contributed by atoms with Crippen molar-refractivity contribution in [2.24, 2.45) is 0 Å². The molecule has 0 heterocycles. The third kappa shape index (κ3) is 6.72. The minimum Gasteiger partial charge on any atom is -0.355 e. The molecule has 0 fully saturated rings. The van der Waals surface area contributed by atoms with Gasteiger partial charge in [0.15, 0.2) is 0 Å². The van der Waals surface area contributed by atoms with Crippen LogP contribution < -0.4 is 5.32 Å². The van der Waals surface area contributed by atoms with Crippen molar-refractivity contribution in [3.05, 3.63) is 74.7 Å². The van der Waals surface area contributed by atoms with Gasteiger partial charge in [-0.3, -0.25) is 4.79 Å². The third-order valence-corrected chi connectivity index (χ3v) is 8.09. The number of nitrogens with one attached hydrogen (secondary N) is 1. The summed E-state index contributed by atoms with van der Waals surface area (Å²) in [5, 5.41) is 3.92. The zero-order valence-corrected chi connectivity index (χ0v) is 20.6. The molecule has 0 bridgehead atoms. The van der Waals surface area contributed by atoms with E-state index in [1.165, 1.54) is 42.7 Å². The van der Waals surface area contributed by atoms with Gasteiger partial charge in [0.25, 0.3) is 0 Å². The van der Waals surface area contributed by atoms with Crippen LogP contribution in [-0.4, -0.2) is 31.7 Å². The first kappa shape index (κ1) is 25.1. The summed E-state index contributed by atoms with van der Waals surface area (Å²) in [7, 11) is -4.00. The van der Waals surface area contributed by atoms with Crippen molar-refractivity contribution < 1.29 is 13.2 Å². The number of carbonyl (C=O) groups excluding carboxylic acids is 1. The molecule has 0 saturated carbocycles. The summed E-state index contributed by atoms with van der Waals surface area (Å²) in [4.78, 5) is 12.7. The van der Waals surface area contributed by atoms with E-state index >= 15 is 0 Å². The van der Waals surface area contributed by atoms with Crippen molar-refractivity contribution in [1.82, 2.24) is 9.62 Å². The summed E-state index contributed by atoms with van der Waals surface area (Å²) in [6, 6.07) is 10.7. The fourth-order valence-corrected chi connectivity index (χ4v) is 5.56. The van der Waals surface area contributed by atoms with Gasteiger partial charge in [0.1, 0.15) is 0 Å². The van der Waals surface area contributed by atoms with Crippen LogP contribution in [0.5, 0.6) is 0 Å². The normalized spacial score (nSPS) is 14.3. The molecular weight excluding hydrogens is 491 g/mol. The van der Waals surface area contributed by atoms with Gasteiger partial charge in [0, 0.05) is 33.7 Å². The van der Waals surface area contributed by atoms with Gasteiger partial charge in [0.2, 0.25) is 15.9 Å². The van der Waals surface area contributed by atoms with E-state index in [2.05, 4.69) is 11.4 Å². The van der Waals surface area contributed by atoms with Crippen molar-refractivity contribution in [3.63, 3.8) is 0 Å². The van der Waals surface area contributed by atoms with Gasteiger partial charge in [-0.1, -0.05) is 52.5 Å². The Balaban J connectivity index is 1.77. The SMILES string of the molecule is O=C(CN(Cc1c(Cl)cccc1Cl)S(=O)(=O)c1ccc(Cl)cc1)NCCC1=CCCCC1. The molecule has 9 heteroatoms. The van der Waals surface area contributed by atoms with Crippen LogP contribution in [0.3, 0.4) is 0 Å². The topological polar surface area (TPSA) is 66.5 Å². The van der Waals surface area contributed by atoms with Gasteiger partial charge >= 0.3 is 0 Å². The number of amides is 1. The first-order valence-corrected chi connectivity index (χ1v) is 13.0. The summed E-state index contributed by atoms with van der Waals surface area (Å²) in [6.45, 7) is -0.0278. The van der Waals surface area contributed by atoms with E-state index in [0.29, 0.717) is 27.2 Å². The lowest BCUT2D eigenvalue weighted by Gasteiger charge is -2.23. The average molecular weight is 516 g/mol. The Morgan fingerprint density at radius 3 is 2.31 bits per heavy atom. The van der Waals surface area contributed by atoms with E-state index in [1.54, 1.807) is 18.2 Å². The van der Waals surface area contributed by atoms with E-state index in [-0.39, 0.29) is 23.9 Å². The van der Waals surface area contributed by atoms with Crippen LogP contribution in [0.25, 0.3) is 0 Å². The van der Waals surface area contributed by atoms with Crippen LogP contribution >= 0.6 is 34.8 Å². The van der Waals surface area contributed by atoms with Crippen LogP contribution in [0, 0.1) is 0 Å². The molecule has 2 aromatic rings. The van der Waals surface area contributed by atoms with Crippen molar-refractivity contribution in [3.8, 4) is 0 Å². The van der Waals surface area contributed by atoms with Crippen molar-refractivity contribution in [2.45, 2.75) is 43.5 Å². The maximum Gasteiger partial charge on any atom is 0.243 e. The first-order chi connectivity index (χ1) is 15.3. The van der Waals surface area contributed by atoms with Gasteiger partial charge in [0.05, 0.1) is 11.4 Å². The summed E-state index contributed by atoms with van der Waals surface area (Å²) < 4.78 is 27.8. The highest BCUT2D eigenvalue weighted by Gasteiger charge is 2.28. The molecule has 0 unspecified atom stereocenters. The molecule has 0 spiro atoms. The zero-order chi connectivity index (χ0) is 23.1. The monoisotopic (exact) mass is 514 g/mol. The quantitative estimate of drug-likeness (QED) is 0.426. The molecule has 1 aliphatic carbocycles. The largest absolute Gasteiger partial charge is 0.355 e. The Labute approximate surface area is 204 Å². The predicted molar refractivity (Wildman–Crippen MR) is 130 cm³/mol. The highest BCUT2D eigenvalue weighted by atomic mass is 35.5. The molecule has 0 radical (unpaired) electrons. The smallest absolute Gasteiger partial charge is 0.243 e. The minimum atomic E-state index is -4.00. The number of halogens is 3. The second-order valence-corrected chi connectivity index (χ2v) is 10.8. The van der Waals surface area contributed by atoms with Crippen LogP contribution in [0.2, 0.25) is 15.1 Å². The van der Waals surface area contributed by atoms with Crippen LogP contribution in [0.15, 0.2) is 59.0 Å². The molecule has 5 nitrogen and oxygen atoms in total. The molecule has 172 valence electrons. The number of hydrogen-bond donors (Lipinski definition) is 1. The second kappa shape index (κ2) is 11.5. The Kier molecular flexibility index (Phi) is 9.03. The molecule has 1 aliphatic rings. The van der Waals surface area contributed by atoms with Gasteiger partial charge < -0.3 is 5.32 Å². The van der Waals surface area contributed by atoms with Crippen molar-refractivity contribution >= 4 is 50.7 Å². The highest BCUT2D eigenvalue weighted by Crippen LogP contribution is 2.28. The van der Waals surface area contributed by atoms with Gasteiger partial charge in [-0.2, -0.15) is 4.31 Å². The number of hydrogen-bond acceptors (Lipinski definition) is 3. The molecule has 3 rings (SSSR count). The van der Waals surface area contributed by atoms with E-state index in [1.807, 2.05) is 0 Å². The maximum atomic E-state index is 13.3. The molecule has 0 aliphatic heterocycles. The number of benzene rings is 2. The number of sulfonamides is 1. The number of allylic oxidation sites excluding steroid dienone is 1. The lowest BCUT2D eigenvalue weighted by molar-refractivity contribution is -0.121. The Morgan fingerprint density at radius 2 is 1.69 bits per heavy atom. The van der Waals surface area contributed by atoms with Crippen molar-refractivity contribution in [2.75, 3.05) is 13.1 Å². The molecule has 1 N–H and O–H groups in total. The third-order valence-electron chi connectivity index (χ3n) is 5.32. The predicted octanol–water partition coefficient (Wildman–Crippen LogP) is 5.84. The summed E-state index contributed by atoms with van der Waals surface area (Å²) in [6.07, 6.45) is 7.51. The molecule has 2 aromatic carbocycles. The Morgan fingerprint density at radius 1 is 1.00 bits per heavy atom. The summed E-state index contributed by atoms with van der Waals surface area (Å²) in [5.41, 5.74) is 1.78. The fraction of sp³-hybridized carbons (Fsp3) is 0.348. The Hall–Kier alpha value is -1.57. The standard InChI is InChI=1S/C23H25Cl3N2O3S/c24-18-9-11-19(12-10-18)32(30,31)28(15-20-21(25)7-4-8-22(20)26)16-23(29)27-14-13-17-5-2-1-3-6-17/h4-5,7-12H,1-3,6,13-16H2,(H,27,29). The fourth-order valence-electron chi connectivity index (χ4n) is 3.55. The Bertz CT molecular complexity index is 1070. The van der Waals surface area contributed by atoms with Crippen LogP contribution in [-0.2, 0) is 21.4 Å². The lowest BCUT2D eigenvalue weighted by atomic mass is 9.97. The highest BCUT2D eigenvalue weighted by molar-refractivity contribution is 7.89. The van der Waals surface area contributed by atoms with E-state index in [4.69, 9.17) is 34.8 Å². The molecular formula is C23H25Cl3N2O3S. The molecule has 0 aromatic heterocycles. The molecule has 1 amide bonds. The first-order valence-electron chi connectivity index (χ1n) is 10.4. The number of carbonyl (C=O) groups is 1. The van der Waals surface area contributed by atoms with Gasteiger partial charge in [-0.25, -0.2) is 8.42 Å². The molecule has 0 saturated heterocycles. The summed E-state index contributed by atoms with van der Waals surface area (Å²) >= 11 is 18.4. The number of nitrogens with zero attached hydrogens (tertiary/aromatic N) is 1. The van der Waals surface area contributed by atoms with Crippen LogP contribution in [0.4, 0.5) is 0 Å². The lowest BCUT2D eigenvalue weighted by Crippen LogP contribution is -2.40. The second-order valence-electron chi connectivity index (χ2n) is 7.64. The maximum absolute atomic E-state index is 13.3. The van der Waals surface area contributed by atoms with Crippen molar-refractivity contribution in [1.29, 1.82) is 0 Å². The molecule has 32 heavy (non-hydrogen) atoms. The zero-order valence-electron chi connectivity index (χ0n) is 17.5. The summed E-state index contributed by atoms with van der Waals surface area (Å²) in [5.74, 6) is -0.387. The van der Waals surface area contributed by atoms with Gasteiger partial charge in [-0.15, -0.1) is 0 Å². The van der Waals surface area contributed by atoms with Gasteiger partial charge in [-0.05, 0) is 68.5 Å². The minimum absolute atomic E-state index is 0.0326.